The van der Waals surface area contributed by atoms with Crippen molar-refractivity contribution in [3.63, 3.8) is 0 Å². The number of fused-ring (bicyclic) bond motifs is 1. The number of allylic oxidation sites excluding steroid dienone is 1. The van der Waals surface area contributed by atoms with Crippen LogP contribution in [0.4, 0.5) is 18.9 Å². The number of anilines is 1. The van der Waals surface area contributed by atoms with Gasteiger partial charge in [-0.05, 0) is 34.9 Å². The normalized spacial score (nSPS) is 16.0. The van der Waals surface area contributed by atoms with E-state index in [-0.39, 0.29) is 10.8 Å². The summed E-state index contributed by atoms with van der Waals surface area (Å²) in [6.45, 7) is 3.13. The second-order valence-electron chi connectivity index (χ2n) is 11.3. The van der Waals surface area contributed by atoms with Crippen molar-refractivity contribution in [3.8, 4) is 0 Å². The number of hydrogen-bond acceptors (Lipinski definition) is 6. The van der Waals surface area contributed by atoms with Crippen molar-refractivity contribution in [2.75, 3.05) is 31.1 Å². The molecule has 2 aliphatic heterocycles. The molecule has 4 aromatic carbocycles. The number of alkyl halides is 3. The maximum absolute atomic E-state index is 15.2. The van der Waals surface area contributed by atoms with E-state index in [1.807, 2.05) is 97.1 Å². The summed E-state index contributed by atoms with van der Waals surface area (Å²) in [5, 5.41) is 15.2. The lowest BCUT2D eigenvalue weighted by Gasteiger charge is -2.48. The Labute approximate surface area is 265 Å². The monoisotopic (exact) mass is 619 g/mol. The van der Waals surface area contributed by atoms with Gasteiger partial charge in [-0.15, -0.1) is 0 Å². The van der Waals surface area contributed by atoms with Gasteiger partial charge >= 0.3 is 6.18 Å². The molecule has 2 aliphatic rings. The number of hydroxylamine groups is 2. The number of rotatable bonds is 6. The highest BCUT2D eigenvalue weighted by atomic mass is 19.4. The van der Waals surface area contributed by atoms with Crippen molar-refractivity contribution in [2.45, 2.75) is 11.7 Å². The molecule has 1 fully saturated rings. The standard InChI is InChI=1S/C37H32F3N5O/c38-37(39,40)35-34(27-16-17-32-31(26-27)33(18-19-42-32)43-22-20-41-21-23-43)44(24-25-45(35)46)36(28-10-4-1-5-11-28,29-12-6-2-7-13-29)30-14-8-3-9-15-30/h1-19,24-26,41,46H,20-23H2. The molecule has 1 saturated heterocycles. The number of halogens is 3. The van der Waals surface area contributed by atoms with E-state index in [2.05, 4.69) is 15.2 Å². The molecule has 1 aromatic heterocycles. The zero-order valence-corrected chi connectivity index (χ0v) is 24.9. The van der Waals surface area contributed by atoms with Crippen LogP contribution in [0.3, 0.4) is 0 Å². The average molecular weight is 620 g/mol. The molecule has 0 radical (unpaired) electrons. The van der Waals surface area contributed by atoms with E-state index in [0.29, 0.717) is 11.1 Å². The predicted octanol–water partition coefficient (Wildman–Crippen LogP) is 7.35. The lowest BCUT2D eigenvalue weighted by molar-refractivity contribution is -0.149. The van der Waals surface area contributed by atoms with Gasteiger partial charge in [0.25, 0.3) is 0 Å². The fourth-order valence-corrected chi connectivity index (χ4v) is 6.74. The Kier molecular flexibility index (Phi) is 7.72. The molecule has 0 spiro atoms. The lowest BCUT2D eigenvalue weighted by Crippen LogP contribution is -2.48. The minimum absolute atomic E-state index is 0.183. The van der Waals surface area contributed by atoms with Gasteiger partial charge in [0.2, 0.25) is 0 Å². The Morgan fingerprint density at radius 3 is 1.80 bits per heavy atom. The fourth-order valence-electron chi connectivity index (χ4n) is 6.74. The van der Waals surface area contributed by atoms with E-state index in [1.54, 1.807) is 29.3 Å². The first kappa shape index (κ1) is 29.6. The number of nitrogens with one attached hydrogen (secondary N) is 1. The highest BCUT2D eigenvalue weighted by Gasteiger charge is 2.50. The molecule has 0 atom stereocenters. The van der Waals surface area contributed by atoms with Gasteiger partial charge in [-0.25, -0.2) is 5.06 Å². The van der Waals surface area contributed by atoms with Gasteiger partial charge in [0.15, 0.2) is 5.70 Å². The minimum Gasteiger partial charge on any atom is -0.368 e. The van der Waals surface area contributed by atoms with Crippen LogP contribution in [0.1, 0.15) is 22.3 Å². The van der Waals surface area contributed by atoms with E-state index in [0.717, 1.165) is 60.1 Å². The summed E-state index contributed by atoms with van der Waals surface area (Å²) >= 11 is 0. The number of benzene rings is 4. The first-order valence-corrected chi connectivity index (χ1v) is 15.2. The maximum atomic E-state index is 15.2. The average Bonchev–Trinajstić information content (AvgIpc) is 3.10. The molecule has 5 aromatic rings. The maximum Gasteiger partial charge on any atom is 0.435 e. The number of nitrogens with zero attached hydrogens (tertiary/aromatic N) is 4. The summed E-state index contributed by atoms with van der Waals surface area (Å²) in [5.41, 5.74) is 1.50. The third-order valence-electron chi connectivity index (χ3n) is 8.71. The third-order valence-corrected chi connectivity index (χ3v) is 8.71. The Hall–Kier alpha value is -5.12. The SMILES string of the molecule is ON1C=CN(C(c2ccccc2)(c2ccccc2)c2ccccc2)C(c2ccc3nccc(N4CCNCC4)c3c2)=C1C(F)(F)F. The molecule has 7 rings (SSSR count). The van der Waals surface area contributed by atoms with E-state index >= 15 is 13.2 Å². The number of piperazine rings is 1. The second kappa shape index (κ2) is 12.0. The molecule has 6 nitrogen and oxygen atoms in total. The van der Waals surface area contributed by atoms with Crippen LogP contribution in [0.5, 0.6) is 0 Å². The van der Waals surface area contributed by atoms with Crippen molar-refractivity contribution < 1.29 is 18.4 Å². The summed E-state index contributed by atoms with van der Waals surface area (Å²) in [6, 6.07) is 35.6. The molecule has 0 aliphatic carbocycles. The van der Waals surface area contributed by atoms with Crippen LogP contribution in [0.15, 0.2) is 140 Å². The summed E-state index contributed by atoms with van der Waals surface area (Å²) in [4.78, 5) is 8.43. The van der Waals surface area contributed by atoms with Gasteiger partial charge in [-0.2, -0.15) is 13.2 Å². The van der Waals surface area contributed by atoms with Crippen molar-refractivity contribution in [2.24, 2.45) is 0 Å². The van der Waals surface area contributed by atoms with Crippen molar-refractivity contribution in [3.05, 3.63) is 162 Å². The molecular formula is C37H32F3N5O. The van der Waals surface area contributed by atoms with Crippen LogP contribution in [0.2, 0.25) is 0 Å². The van der Waals surface area contributed by atoms with Crippen LogP contribution in [0.25, 0.3) is 16.6 Å². The Morgan fingerprint density at radius 2 is 1.26 bits per heavy atom. The number of aromatic nitrogens is 1. The quantitative estimate of drug-likeness (QED) is 0.194. The molecule has 2 N–H and O–H groups in total. The smallest absolute Gasteiger partial charge is 0.368 e. The second-order valence-corrected chi connectivity index (χ2v) is 11.3. The highest BCUT2D eigenvalue weighted by Crippen LogP contribution is 2.50. The highest BCUT2D eigenvalue weighted by molar-refractivity contribution is 5.94. The Balaban J connectivity index is 1.56. The summed E-state index contributed by atoms with van der Waals surface area (Å²) < 4.78 is 45.7. The molecule has 46 heavy (non-hydrogen) atoms. The first-order chi connectivity index (χ1) is 22.4. The first-order valence-electron chi connectivity index (χ1n) is 15.2. The predicted molar refractivity (Wildman–Crippen MR) is 174 cm³/mol. The Bertz CT molecular complexity index is 1790. The van der Waals surface area contributed by atoms with E-state index < -0.39 is 17.4 Å². The van der Waals surface area contributed by atoms with E-state index in [9.17, 15) is 5.21 Å². The van der Waals surface area contributed by atoms with Crippen LogP contribution >= 0.6 is 0 Å². The molecule has 9 heteroatoms. The van der Waals surface area contributed by atoms with Crippen molar-refractivity contribution in [1.82, 2.24) is 20.3 Å². The summed E-state index contributed by atoms with van der Waals surface area (Å²) in [6.07, 6.45) is -0.586. The van der Waals surface area contributed by atoms with Crippen LogP contribution < -0.4 is 10.2 Å². The molecule has 232 valence electrons. The van der Waals surface area contributed by atoms with Gasteiger partial charge < -0.3 is 15.1 Å². The molecule has 0 bridgehead atoms. The van der Waals surface area contributed by atoms with Gasteiger partial charge in [0.05, 0.1) is 11.2 Å². The van der Waals surface area contributed by atoms with Gasteiger partial charge in [-0.1, -0.05) is 97.1 Å². The lowest BCUT2D eigenvalue weighted by atomic mass is 9.74. The summed E-state index contributed by atoms with van der Waals surface area (Å²) in [5.74, 6) is 0. The number of pyridine rings is 1. The molecule has 0 amide bonds. The zero-order chi connectivity index (χ0) is 31.7. The van der Waals surface area contributed by atoms with Crippen LogP contribution in [0, 0.1) is 0 Å². The van der Waals surface area contributed by atoms with Crippen LogP contribution in [-0.4, -0.2) is 52.5 Å². The minimum atomic E-state index is -4.91. The molecule has 0 saturated carbocycles. The largest absolute Gasteiger partial charge is 0.435 e. The van der Waals surface area contributed by atoms with Crippen molar-refractivity contribution in [1.29, 1.82) is 0 Å². The Morgan fingerprint density at radius 1 is 0.696 bits per heavy atom. The van der Waals surface area contributed by atoms with Gasteiger partial charge in [0.1, 0.15) is 5.54 Å². The van der Waals surface area contributed by atoms with E-state index in [1.165, 1.54) is 6.20 Å². The van der Waals surface area contributed by atoms with Crippen molar-refractivity contribution >= 4 is 22.3 Å². The van der Waals surface area contributed by atoms with Crippen LogP contribution in [-0.2, 0) is 5.54 Å². The zero-order valence-electron chi connectivity index (χ0n) is 24.9. The van der Waals surface area contributed by atoms with Gasteiger partial charge in [-0.3, -0.25) is 10.2 Å². The van der Waals surface area contributed by atoms with Gasteiger partial charge in [0, 0.05) is 61.4 Å². The molecule has 3 heterocycles. The third kappa shape index (κ3) is 5.07. The number of hydrogen-bond donors (Lipinski definition) is 2. The molecular weight excluding hydrogens is 587 g/mol. The fraction of sp³-hybridized carbons (Fsp3) is 0.162. The molecule has 0 unspecified atom stereocenters. The summed E-state index contributed by atoms with van der Waals surface area (Å²) in [7, 11) is 0. The topological polar surface area (TPSA) is 54.9 Å². The van der Waals surface area contributed by atoms with E-state index in [4.69, 9.17) is 0 Å².